The van der Waals surface area contributed by atoms with Gasteiger partial charge in [0.25, 0.3) is 0 Å². The molecule has 0 saturated carbocycles. The van der Waals surface area contributed by atoms with E-state index in [1.54, 1.807) is 21.1 Å². The number of carboxylic acids is 1. The molecule has 66 heavy (non-hydrogen) atoms. The van der Waals surface area contributed by atoms with Crippen LogP contribution in [0.5, 0.6) is 0 Å². The molecule has 8 heteroatoms. The Kier molecular flexibility index (Phi) is 46.7. The van der Waals surface area contributed by atoms with Crippen molar-refractivity contribution in [1.82, 2.24) is 0 Å². The van der Waals surface area contributed by atoms with Gasteiger partial charge in [0.2, 0.25) is 0 Å². The summed E-state index contributed by atoms with van der Waals surface area (Å²) in [5.41, 5.74) is 0. The van der Waals surface area contributed by atoms with E-state index in [0.29, 0.717) is 12.8 Å². The lowest BCUT2D eigenvalue weighted by Gasteiger charge is -2.34. The number of nitrogens with zero attached hydrogens (tertiary/aromatic N) is 1. The fourth-order valence-electron chi connectivity index (χ4n) is 8.15. The first kappa shape index (κ1) is 63.3. The van der Waals surface area contributed by atoms with Crippen LogP contribution in [0.3, 0.4) is 0 Å². The summed E-state index contributed by atoms with van der Waals surface area (Å²) in [5, 5.41) is 11.7. The van der Waals surface area contributed by atoms with Gasteiger partial charge in [-0.25, -0.2) is 0 Å². The van der Waals surface area contributed by atoms with Crippen molar-refractivity contribution >= 4 is 17.9 Å². The summed E-state index contributed by atoms with van der Waals surface area (Å²) in [6.45, 7) is 4.66. The van der Waals surface area contributed by atoms with Crippen molar-refractivity contribution in [2.24, 2.45) is 0 Å². The molecule has 0 radical (unpaired) electrons. The maximum atomic E-state index is 12.8. The summed E-state index contributed by atoms with van der Waals surface area (Å²) in [6, 6.07) is -0.729. The summed E-state index contributed by atoms with van der Waals surface area (Å²) in [4.78, 5) is 37.1. The van der Waals surface area contributed by atoms with Crippen LogP contribution in [0.25, 0.3) is 0 Å². The number of rotatable bonds is 50. The average Bonchev–Trinajstić information content (AvgIpc) is 3.28. The van der Waals surface area contributed by atoms with Gasteiger partial charge in [0.15, 0.2) is 6.10 Å². The van der Waals surface area contributed by atoms with E-state index < -0.39 is 18.1 Å². The molecule has 0 rings (SSSR count). The van der Waals surface area contributed by atoms with Gasteiger partial charge in [0.1, 0.15) is 12.6 Å². The molecule has 384 valence electrons. The molecule has 0 aromatic rings. The van der Waals surface area contributed by atoms with Gasteiger partial charge in [-0.1, -0.05) is 210 Å². The van der Waals surface area contributed by atoms with Gasteiger partial charge in [-0.2, -0.15) is 0 Å². The summed E-state index contributed by atoms with van der Waals surface area (Å²) in [7, 11) is 5.42. The number of aliphatic carboxylic acids is 1. The van der Waals surface area contributed by atoms with Crippen molar-refractivity contribution in [3.05, 3.63) is 48.6 Å². The molecule has 0 aromatic heterocycles. The standard InChI is InChI=1S/C58H105NO7/c1-6-8-10-12-14-16-18-20-22-24-26-28-29-31-33-35-37-39-41-43-45-47-49-57(61)66-54(52-64-51-50-55(58(62)63)59(3,4)5)53-65-56(60)48-46-44-42-40-38-36-34-32-30-27-25-23-21-19-17-15-13-11-9-7-2/h17,19,21,23-24,26,29,31,54-55H,6-16,18,20,22,25,27-28,30,32-53H2,1-5H3/b19-17+,23-21+,26-24+,31-29+. The smallest absolute Gasteiger partial charge is 0.306 e. The highest BCUT2D eigenvalue weighted by molar-refractivity contribution is 5.70. The van der Waals surface area contributed by atoms with Gasteiger partial charge in [0, 0.05) is 19.3 Å². The van der Waals surface area contributed by atoms with E-state index in [0.717, 1.165) is 51.4 Å². The SMILES string of the molecule is CCCCCC/C=C/C=C/CCCCCCCCCCCCC(=O)OCC(COCCC(C(=O)[O-])[N+](C)(C)C)OC(=O)CCCCCCCCC/C=C/C/C=C/CCCCCCCCCC. The molecule has 2 atom stereocenters. The molecule has 0 bridgehead atoms. The number of hydrogen-bond acceptors (Lipinski definition) is 7. The van der Waals surface area contributed by atoms with Crippen molar-refractivity contribution in [3.8, 4) is 0 Å². The zero-order chi connectivity index (χ0) is 48.4. The van der Waals surface area contributed by atoms with Crippen molar-refractivity contribution in [3.63, 3.8) is 0 Å². The van der Waals surface area contributed by atoms with E-state index in [-0.39, 0.29) is 42.7 Å². The molecule has 0 amide bonds. The number of likely N-dealkylation sites (N-methyl/N-ethyl adjacent to an activating group) is 1. The number of allylic oxidation sites excluding steroid dienone is 8. The van der Waals surface area contributed by atoms with Crippen LogP contribution in [0, 0.1) is 0 Å². The molecular weight excluding hydrogens is 823 g/mol. The average molecular weight is 928 g/mol. The first-order valence-corrected chi connectivity index (χ1v) is 27.7. The van der Waals surface area contributed by atoms with Gasteiger partial charge in [0.05, 0.1) is 40.3 Å². The number of esters is 2. The lowest BCUT2D eigenvalue weighted by atomic mass is 10.1. The van der Waals surface area contributed by atoms with Crippen molar-refractivity contribution in [1.29, 1.82) is 0 Å². The predicted molar refractivity (Wildman–Crippen MR) is 277 cm³/mol. The van der Waals surface area contributed by atoms with Crippen LogP contribution in [0.4, 0.5) is 0 Å². The second kappa shape index (κ2) is 48.7. The third-order valence-corrected chi connectivity index (χ3v) is 12.5. The molecule has 0 aliphatic carbocycles. The Balaban J connectivity index is 4.22. The second-order valence-electron chi connectivity index (χ2n) is 19.8. The third-order valence-electron chi connectivity index (χ3n) is 12.5. The Morgan fingerprint density at radius 2 is 0.848 bits per heavy atom. The fraction of sp³-hybridized carbons (Fsp3) is 0.810. The molecule has 8 nitrogen and oxygen atoms in total. The maximum Gasteiger partial charge on any atom is 0.306 e. The monoisotopic (exact) mass is 928 g/mol. The molecule has 0 heterocycles. The van der Waals surface area contributed by atoms with Gasteiger partial charge in [-0.15, -0.1) is 0 Å². The van der Waals surface area contributed by atoms with Crippen LogP contribution in [0.1, 0.15) is 251 Å². The number of carbonyl (C=O) groups is 3. The first-order chi connectivity index (χ1) is 32.1. The molecule has 0 fully saturated rings. The van der Waals surface area contributed by atoms with Gasteiger partial charge in [-0.3, -0.25) is 9.59 Å². The molecule has 0 aromatic carbocycles. The molecular formula is C58H105NO7. The van der Waals surface area contributed by atoms with Crippen LogP contribution < -0.4 is 5.11 Å². The predicted octanol–water partition coefficient (Wildman–Crippen LogP) is 15.0. The number of carboxylic acid groups (broad SMARTS) is 1. The number of unbranched alkanes of at least 4 members (excludes halogenated alkanes) is 29. The maximum absolute atomic E-state index is 12.8. The number of hydrogen-bond donors (Lipinski definition) is 0. The molecule has 0 aliphatic heterocycles. The first-order valence-electron chi connectivity index (χ1n) is 27.7. The molecule has 0 spiro atoms. The Bertz CT molecular complexity index is 1220. The van der Waals surface area contributed by atoms with Gasteiger partial charge in [-0.05, 0) is 70.6 Å². The van der Waals surface area contributed by atoms with E-state index in [1.165, 1.54) is 167 Å². The van der Waals surface area contributed by atoms with Gasteiger partial charge >= 0.3 is 11.9 Å². The topological polar surface area (TPSA) is 102 Å². The number of ether oxygens (including phenoxy) is 3. The van der Waals surface area contributed by atoms with Crippen LogP contribution in [0.15, 0.2) is 48.6 Å². The minimum Gasteiger partial charge on any atom is -0.544 e. The highest BCUT2D eigenvalue weighted by Gasteiger charge is 2.25. The molecule has 2 unspecified atom stereocenters. The van der Waals surface area contributed by atoms with Crippen molar-refractivity contribution in [2.45, 2.75) is 264 Å². The quantitative estimate of drug-likeness (QED) is 0.0197. The van der Waals surface area contributed by atoms with E-state index in [1.807, 2.05) is 0 Å². The van der Waals surface area contributed by atoms with E-state index in [4.69, 9.17) is 14.2 Å². The zero-order valence-electron chi connectivity index (χ0n) is 43.9. The highest BCUT2D eigenvalue weighted by atomic mass is 16.6. The largest absolute Gasteiger partial charge is 0.544 e. The van der Waals surface area contributed by atoms with Crippen molar-refractivity contribution < 1.29 is 38.2 Å². The molecule has 0 saturated heterocycles. The van der Waals surface area contributed by atoms with Crippen LogP contribution in [0.2, 0.25) is 0 Å². The number of carbonyl (C=O) groups excluding carboxylic acids is 3. The Morgan fingerprint density at radius 1 is 0.470 bits per heavy atom. The minimum absolute atomic E-state index is 0.0368. The minimum atomic E-state index is -1.13. The molecule has 0 aliphatic rings. The summed E-state index contributed by atoms with van der Waals surface area (Å²) in [6.07, 6.45) is 60.0. The molecule has 0 N–H and O–H groups in total. The summed E-state index contributed by atoms with van der Waals surface area (Å²) >= 11 is 0. The Morgan fingerprint density at radius 3 is 1.27 bits per heavy atom. The third kappa shape index (κ3) is 46.4. The van der Waals surface area contributed by atoms with Crippen molar-refractivity contribution in [2.75, 3.05) is 41.0 Å². The van der Waals surface area contributed by atoms with E-state index >= 15 is 0 Å². The van der Waals surface area contributed by atoms with Gasteiger partial charge < -0.3 is 28.6 Å². The Hall–Kier alpha value is -2.71. The Labute approximate surface area is 407 Å². The summed E-state index contributed by atoms with van der Waals surface area (Å²) in [5.74, 6) is -1.74. The summed E-state index contributed by atoms with van der Waals surface area (Å²) < 4.78 is 17.3. The highest BCUT2D eigenvalue weighted by Crippen LogP contribution is 2.15. The lowest BCUT2D eigenvalue weighted by molar-refractivity contribution is -0.889. The lowest BCUT2D eigenvalue weighted by Crippen LogP contribution is -2.55. The van der Waals surface area contributed by atoms with Crippen LogP contribution >= 0.6 is 0 Å². The van der Waals surface area contributed by atoms with Crippen LogP contribution in [-0.2, 0) is 28.6 Å². The zero-order valence-corrected chi connectivity index (χ0v) is 43.9. The fourth-order valence-corrected chi connectivity index (χ4v) is 8.15. The van der Waals surface area contributed by atoms with E-state index in [2.05, 4.69) is 62.5 Å². The second-order valence-corrected chi connectivity index (χ2v) is 19.8. The normalized spacial score (nSPS) is 13.2. The number of quaternary nitrogens is 1. The van der Waals surface area contributed by atoms with E-state index in [9.17, 15) is 19.5 Å². The van der Waals surface area contributed by atoms with Crippen LogP contribution in [-0.4, -0.2) is 75.5 Å².